The van der Waals surface area contributed by atoms with E-state index in [0.29, 0.717) is 12.0 Å². The van der Waals surface area contributed by atoms with E-state index in [-0.39, 0.29) is 6.04 Å². The molecule has 0 spiro atoms. The van der Waals surface area contributed by atoms with E-state index in [1.54, 1.807) is 0 Å². The molecular weight excluding hydrogens is 187 g/mol. The number of rotatable bonds is 3. The van der Waals surface area contributed by atoms with Crippen LogP contribution < -0.4 is 5.73 Å². The Morgan fingerprint density at radius 2 is 2.29 bits per heavy atom. The largest absolute Gasteiger partial charge is 0.324 e. The molecule has 0 radical (unpaired) electrons. The van der Waals surface area contributed by atoms with Gasteiger partial charge in [-0.1, -0.05) is 13.0 Å². The Morgan fingerprint density at radius 1 is 1.64 bits per heavy atom. The monoisotopic (exact) mass is 198 g/mol. The maximum atomic E-state index is 12.9. The molecule has 0 saturated heterocycles. The second-order valence-corrected chi connectivity index (χ2v) is 2.98. The molecule has 14 heavy (non-hydrogen) atoms. The zero-order valence-corrected chi connectivity index (χ0v) is 7.74. The number of nitrogens with two attached hydrogens (primary N) is 1. The van der Waals surface area contributed by atoms with E-state index in [4.69, 9.17) is 5.73 Å². The van der Waals surface area contributed by atoms with Crippen molar-refractivity contribution in [2.24, 2.45) is 5.73 Å². The average molecular weight is 198 g/mol. The van der Waals surface area contributed by atoms with E-state index in [1.807, 2.05) is 6.92 Å². The van der Waals surface area contributed by atoms with Crippen molar-refractivity contribution in [1.82, 2.24) is 0 Å². The van der Waals surface area contributed by atoms with Crippen molar-refractivity contribution in [1.29, 1.82) is 0 Å². The highest BCUT2D eigenvalue weighted by Gasteiger charge is 2.16. The summed E-state index contributed by atoms with van der Waals surface area (Å²) in [5.74, 6) is -0.831. The minimum atomic E-state index is -0.831. The summed E-state index contributed by atoms with van der Waals surface area (Å²) in [6.45, 7) is 1.86. The standard InChI is InChI=1S/C9H11FN2O2/c1-2-8(11)6-3-4-7(10)9(5-6)12(13)14/h3-5,8H,2,11H2,1H3. The van der Waals surface area contributed by atoms with Crippen LogP contribution in [0.5, 0.6) is 0 Å². The third-order valence-electron chi connectivity index (χ3n) is 2.03. The van der Waals surface area contributed by atoms with Gasteiger partial charge in [-0.25, -0.2) is 0 Å². The molecule has 1 unspecified atom stereocenters. The third-order valence-corrected chi connectivity index (χ3v) is 2.03. The molecule has 4 nitrogen and oxygen atoms in total. The van der Waals surface area contributed by atoms with Crippen LogP contribution in [0.25, 0.3) is 0 Å². The summed E-state index contributed by atoms with van der Waals surface area (Å²) in [5, 5.41) is 10.4. The zero-order chi connectivity index (χ0) is 10.7. The van der Waals surface area contributed by atoms with Gasteiger partial charge in [0.1, 0.15) is 0 Å². The van der Waals surface area contributed by atoms with E-state index in [0.717, 1.165) is 6.07 Å². The Labute approximate surface area is 80.7 Å². The fraction of sp³-hybridized carbons (Fsp3) is 0.333. The Morgan fingerprint density at radius 3 is 2.79 bits per heavy atom. The summed E-state index contributed by atoms with van der Waals surface area (Å²) in [7, 11) is 0. The second-order valence-electron chi connectivity index (χ2n) is 2.98. The van der Waals surface area contributed by atoms with Crippen LogP contribution in [-0.2, 0) is 0 Å². The first-order chi connectivity index (χ1) is 6.56. The van der Waals surface area contributed by atoms with Gasteiger partial charge in [0.25, 0.3) is 0 Å². The van der Waals surface area contributed by atoms with Crippen LogP contribution in [0.3, 0.4) is 0 Å². The Kier molecular flexibility index (Phi) is 3.14. The third kappa shape index (κ3) is 2.05. The molecule has 0 fully saturated rings. The maximum absolute atomic E-state index is 12.9. The van der Waals surface area contributed by atoms with Crippen molar-refractivity contribution >= 4 is 5.69 Å². The van der Waals surface area contributed by atoms with E-state index >= 15 is 0 Å². The van der Waals surface area contributed by atoms with Gasteiger partial charge in [0.05, 0.1) is 4.92 Å². The lowest BCUT2D eigenvalue weighted by Crippen LogP contribution is -2.09. The highest BCUT2D eigenvalue weighted by atomic mass is 19.1. The molecule has 0 bridgehead atoms. The van der Waals surface area contributed by atoms with Crippen LogP contribution in [0.4, 0.5) is 10.1 Å². The number of hydrogen-bond acceptors (Lipinski definition) is 3. The van der Waals surface area contributed by atoms with Crippen molar-refractivity contribution in [3.63, 3.8) is 0 Å². The summed E-state index contributed by atoms with van der Waals surface area (Å²) < 4.78 is 12.9. The first-order valence-corrected chi connectivity index (χ1v) is 4.25. The predicted molar refractivity (Wildman–Crippen MR) is 50.3 cm³/mol. The number of nitro groups is 1. The van der Waals surface area contributed by atoms with Gasteiger partial charge in [-0.15, -0.1) is 0 Å². The highest BCUT2D eigenvalue weighted by Crippen LogP contribution is 2.22. The van der Waals surface area contributed by atoms with Crippen molar-refractivity contribution in [2.45, 2.75) is 19.4 Å². The molecule has 0 aromatic heterocycles. The Balaban J connectivity index is 3.12. The van der Waals surface area contributed by atoms with Gasteiger partial charge in [0.15, 0.2) is 0 Å². The highest BCUT2D eigenvalue weighted by molar-refractivity contribution is 5.37. The predicted octanol–water partition coefficient (Wildman–Crippen LogP) is 2.14. The molecule has 0 amide bonds. The molecule has 2 N–H and O–H groups in total. The molecule has 0 aliphatic carbocycles. The SMILES string of the molecule is CCC(N)c1ccc(F)c([N+](=O)[O-])c1. The summed E-state index contributed by atoms with van der Waals surface area (Å²) in [6.07, 6.45) is 0.656. The second kappa shape index (κ2) is 4.15. The lowest BCUT2D eigenvalue weighted by molar-refractivity contribution is -0.387. The number of benzene rings is 1. The average Bonchev–Trinajstić information content (AvgIpc) is 2.17. The van der Waals surface area contributed by atoms with Crippen molar-refractivity contribution in [2.75, 3.05) is 0 Å². The number of nitrogens with zero attached hydrogens (tertiary/aromatic N) is 1. The maximum Gasteiger partial charge on any atom is 0.305 e. The van der Waals surface area contributed by atoms with Gasteiger partial charge in [-0.05, 0) is 18.1 Å². The van der Waals surface area contributed by atoms with Crippen LogP contribution in [0, 0.1) is 15.9 Å². The van der Waals surface area contributed by atoms with Crippen molar-refractivity contribution in [3.8, 4) is 0 Å². The fourth-order valence-corrected chi connectivity index (χ4v) is 1.14. The van der Waals surface area contributed by atoms with Crippen LogP contribution in [0.2, 0.25) is 0 Å². The minimum absolute atomic E-state index is 0.283. The van der Waals surface area contributed by atoms with Gasteiger partial charge in [-0.3, -0.25) is 10.1 Å². The van der Waals surface area contributed by atoms with Crippen LogP contribution in [-0.4, -0.2) is 4.92 Å². The summed E-state index contributed by atoms with van der Waals surface area (Å²) in [4.78, 5) is 9.66. The van der Waals surface area contributed by atoms with Gasteiger partial charge in [0.2, 0.25) is 5.82 Å². The summed E-state index contributed by atoms with van der Waals surface area (Å²) in [6, 6.07) is 3.44. The molecule has 0 heterocycles. The summed E-state index contributed by atoms with van der Waals surface area (Å²) >= 11 is 0. The topological polar surface area (TPSA) is 69.2 Å². The molecule has 1 atom stereocenters. The molecule has 5 heteroatoms. The normalized spacial score (nSPS) is 12.5. The van der Waals surface area contributed by atoms with Gasteiger partial charge in [-0.2, -0.15) is 4.39 Å². The molecule has 1 rings (SSSR count). The van der Waals surface area contributed by atoms with Crippen LogP contribution >= 0.6 is 0 Å². The number of halogens is 1. The quantitative estimate of drug-likeness (QED) is 0.597. The first-order valence-electron chi connectivity index (χ1n) is 4.25. The number of hydrogen-bond donors (Lipinski definition) is 1. The van der Waals surface area contributed by atoms with E-state index < -0.39 is 16.4 Å². The van der Waals surface area contributed by atoms with Crippen LogP contribution in [0.1, 0.15) is 24.9 Å². The van der Waals surface area contributed by atoms with E-state index in [1.165, 1.54) is 12.1 Å². The van der Waals surface area contributed by atoms with Crippen molar-refractivity contribution < 1.29 is 9.31 Å². The Bertz CT molecular complexity index is 355. The molecule has 1 aromatic rings. The fourth-order valence-electron chi connectivity index (χ4n) is 1.14. The van der Waals surface area contributed by atoms with Crippen LogP contribution in [0.15, 0.2) is 18.2 Å². The van der Waals surface area contributed by atoms with Crippen molar-refractivity contribution in [3.05, 3.63) is 39.7 Å². The number of nitro benzene ring substituents is 1. The Hall–Kier alpha value is -1.49. The molecule has 0 aliphatic rings. The van der Waals surface area contributed by atoms with E-state index in [9.17, 15) is 14.5 Å². The lowest BCUT2D eigenvalue weighted by atomic mass is 10.0. The molecular formula is C9H11FN2O2. The zero-order valence-electron chi connectivity index (χ0n) is 7.74. The van der Waals surface area contributed by atoms with Gasteiger partial charge in [0, 0.05) is 12.1 Å². The van der Waals surface area contributed by atoms with E-state index in [2.05, 4.69) is 0 Å². The first kappa shape index (κ1) is 10.6. The molecule has 0 aliphatic heterocycles. The van der Waals surface area contributed by atoms with Gasteiger partial charge >= 0.3 is 5.69 Å². The molecule has 76 valence electrons. The summed E-state index contributed by atoms with van der Waals surface area (Å²) in [5.41, 5.74) is 5.73. The molecule has 1 aromatic carbocycles. The van der Waals surface area contributed by atoms with Gasteiger partial charge < -0.3 is 5.73 Å². The smallest absolute Gasteiger partial charge is 0.305 e. The minimum Gasteiger partial charge on any atom is -0.324 e. The lowest BCUT2D eigenvalue weighted by Gasteiger charge is -2.08. The molecule has 0 saturated carbocycles.